The largest absolute Gasteiger partial charge is 0.481 e. The summed E-state index contributed by atoms with van der Waals surface area (Å²) in [5, 5.41) is 8.89. The van der Waals surface area contributed by atoms with Crippen LogP contribution < -0.4 is 0 Å². The molecule has 0 heterocycles. The molecule has 25 heavy (non-hydrogen) atoms. The van der Waals surface area contributed by atoms with E-state index < -0.39 is 5.97 Å². The van der Waals surface area contributed by atoms with Gasteiger partial charge >= 0.3 is 5.97 Å². The molecule has 0 aliphatic rings. The van der Waals surface area contributed by atoms with Crippen molar-refractivity contribution in [3.63, 3.8) is 0 Å². The molecule has 1 aromatic carbocycles. The van der Waals surface area contributed by atoms with E-state index in [9.17, 15) is 4.79 Å². The Balaban J connectivity index is 1.89. The molecule has 0 radical (unpaired) electrons. The van der Waals surface area contributed by atoms with Gasteiger partial charge in [-0.25, -0.2) is 0 Å². The number of benzene rings is 1. The molecule has 0 fully saturated rings. The fourth-order valence-electron chi connectivity index (χ4n) is 3.32. The lowest BCUT2D eigenvalue weighted by Crippen LogP contribution is -2.16. The highest BCUT2D eigenvalue weighted by molar-refractivity contribution is 14.1. The third kappa shape index (κ3) is 12.4. The van der Waals surface area contributed by atoms with Crippen LogP contribution in [0.15, 0.2) is 24.3 Å². The van der Waals surface area contributed by atoms with E-state index in [0.717, 1.165) is 12.8 Å². The molecule has 1 aromatic rings. The zero-order valence-electron chi connectivity index (χ0n) is 16.0. The first-order valence-corrected chi connectivity index (χ1v) is 10.9. The molecular weight excluding hydrogens is 423 g/mol. The number of aryl methyl sites for hydroxylation is 1. The number of halogens is 1. The Hall–Kier alpha value is -0.580. The average Bonchev–Trinajstić information content (AvgIpc) is 2.53. The zero-order valence-corrected chi connectivity index (χ0v) is 18.2. The summed E-state index contributed by atoms with van der Waals surface area (Å²) in [5.41, 5.74) is 1.41. The molecule has 0 saturated heterocycles. The summed E-state index contributed by atoms with van der Waals surface area (Å²) in [5.74, 6) is -0.674. The first-order valence-electron chi connectivity index (χ1n) is 9.85. The average molecular weight is 458 g/mol. The fourth-order valence-corrected chi connectivity index (χ4v) is 3.68. The molecule has 0 amide bonds. The summed E-state index contributed by atoms with van der Waals surface area (Å²) >= 11 is 2.35. The van der Waals surface area contributed by atoms with E-state index in [1.165, 1.54) is 66.9 Å². The van der Waals surface area contributed by atoms with E-state index in [0.29, 0.717) is 0 Å². The smallest absolute Gasteiger partial charge is 0.303 e. The second-order valence-corrected chi connectivity index (χ2v) is 9.29. The van der Waals surface area contributed by atoms with Crippen molar-refractivity contribution >= 4 is 28.6 Å². The molecule has 0 saturated carbocycles. The lowest BCUT2D eigenvalue weighted by atomic mass is 9.83. The van der Waals surface area contributed by atoms with E-state index in [2.05, 4.69) is 60.7 Å². The number of carbonyl (C=O) groups is 1. The summed E-state index contributed by atoms with van der Waals surface area (Å²) in [7, 11) is 0. The third-order valence-electron chi connectivity index (χ3n) is 4.86. The Morgan fingerprint density at radius 3 is 1.88 bits per heavy atom. The molecule has 0 aliphatic carbocycles. The summed E-state index contributed by atoms with van der Waals surface area (Å²) in [6, 6.07) is 8.89. The van der Waals surface area contributed by atoms with Crippen LogP contribution in [-0.2, 0) is 11.2 Å². The topological polar surface area (TPSA) is 37.3 Å². The number of aliphatic carboxylic acids is 1. The Kier molecular flexibility index (Phi) is 11.4. The van der Waals surface area contributed by atoms with Crippen LogP contribution in [0.4, 0.5) is 0 Å². The molecule has 0 aromatic heterocycles. The highest BCUT2D eigenvalue weighted by atomic mass is 127. The number of carboxylic acids is 1. The standard InChI is InChI=1S/C22H35IO2/c1-22(2,18-21(24)25)17-11-9-7-5-3-4-6-8-10-12-19-13-15-20(23)16-14-19/h13-16H,3-12,17-18H2,1-2H3,(H,24,25). The molecule has 142 valence electrons. The van der Waals surface area contributed by atoms with E-state index >= 15 is 0 Å². The number of carboxylic acid groups (broad SMARTS) is 1. The van der Waals surface area contributed by atoms with Gasteiger partial charge in [0.1, 0.15) is 0 Å². The van der Waals surface area contributed by atoms with Crippen molar-refractivity contribution < 1.29 is 9.90 Å². The normalized spacial score (nSPS) is 11.6. The second kappa shape index (κ2) is 12.7. The molecule has 0 unspecified atom stereocenters. The van der Waals surface area contributed by atoms with Crippen LogP contribution in [0, 0.1) is 8.99 Å². The van der Waals surface area contributed by atoms with Gasteiger partial charge in [-0.1, -0.05) is 77.3 Å². The summed E-state index contributed by atoms with van der Waals surface area (Å²) in [6.07, 6.45) is 14.3. The molecule has 0 spiro atoms. The lowest BCUT2D eigenvalue weighted by molar-refractivity contribution is -0.139. The first kappa shape index (κ1) is 22.5. The van der Waals surface area contributed by atoms with Gasteiger partial charge in [0.05, 0.1) is 6.42 Å². The molecular formula is C22H35IO2. The van der Waals surface area contributed by atoms with Crippen molar-refractivity contribution in [3.8, 4) is 0 Å². The van der Waals surface area contributed by atoms with E-state index in [-0.39, 0.29) is 11.8 Å². The van der Waals surface area contributed by atoms with Crippen LogP contribution in [0.5, 0.6) is 0 Å². The Bertz CT molecular complexity index is 479. The predicted octanol–water partition coefficient (Wildman–Crippen LogP) is 7.24. The van der Waals surface area contributed by atoms with Gasteiger partial charge in [0, 0.05) is 3.57 Å². The van der Waals surface area contributed by atoms with Gasteiger partial charge in [0.15, 0.2) is 0 Å². The second-order valence-electron chi connectivity index (χ2n) is 8.04. The van der Waals surface area contributed by atoms with E-state index in [4.69, 9.17) is 5.11 Å². The number of rotatable bonds is 14. The van der Waals surface area contributed by atoms with Crippen molar-refractivity contribution in [2.24, 2.45) is 5.41 Å². The minimum Gasteiger partial charge on any atom is -0.481 e. The predicted molar refractivity (Wildman–Crippen MR) is 115 cm³/mol. The third-order valence-corrected chi connectivity index (χ3v) is 5.58. The van der Waals surface area contributed by atoms with Crippen molar-refractivity contribution in [2.75, 3.05) is 0 Å². The molecule has 0 atom stereocenters. The molecule has 1 rings (SSSR count). The van der Waals surface area contributed by atoms with Crippen molar-refractivity contribution in [2.45, 2.75) is 90.9 Å². The fraction of sp³-hybridized carbons (Fsp3) is 0.682. The maximum atomic E-state index is 10.8. The quantitative estimate of drug-likeness (QED) is 0.236. The number of hydrogen-bond donors (Lipinski definition) is 1. The SMILES string of the molecule is CC(C)(CCCCCCCCCCCc1ccc(I)cc1)CC(=O)O. The maximum Gasteiger partial charge on any atom is 0.303 e. The Morgan fingerprint density at radius 2 is 1.36 bits per heavy atom. The minimum atomic E-state index is -0.674. The van der Waals surface area contributed by atoms with Crippen LogP contribution in [0.2, 0.25) is 0 Å². The lowest BCUT2D eigenvalue weighted by Gasteiger charge is -2.21. The van der Waals surface area contributed by atoms with Crippen LogP contribution in [0.25, 0.3) is 0 Å². The Labute approximate surface area is 167 Å². The molecule has 1 N–H and O–H groups in total. The minimum absolute atomic E-state index is 0.0527. The molecule has 0 bridgehead atoms. The van der Waals surface area contributed by atoms with Crippen LogP contribution in [-0.4, -0.2) is 11.1 Å². The first-order chi connectivity index (χ1) is 11.9. The molecule has 3 heteroatoms. The highest BCUT2D eigenvalue weighted by Gasteiger charge is 2.20. The van der Waals surface area contributed by atoms with Crippen molar-refractivity contribution in [1.82, 2.24) is 0 Å². The number of unbranched alkanes of at least 4 members (excludes halogenated alkanes) is 8. The van der Waals surface area contributed by atoms with E-state index in [1.807, 2.05) is 0 Å². The zero-order chi connectivity index (χ0) is 18.5. The Morgan fingerprint density at radius 1 is 0.880 bits per heavy atom. The van der Waals surface area contributed by atoms with Gasteiger partial charge in [0.25, 0.3) is 0 Å². The monoisotopic (exact) mass is 458 g/mol. The highest BCUT2D eigenvalue weighted by Crippen LogP contribution is 2.28. The summed E-state index contributed by atoms with van der Waals surface area (Å²) in [6.45, 7) is 4.13. The summed E-state index contributed by atoms with van der Waals surface area (Å²) in [4.78, 5) is 10.8. The van der Waals surface area contributed by atoms with E-state index in [1.54, 1.807) is 0 Å². The summed E-state index contributed by atoms with van der Waals surface area (Å²) < 4.78 is 1.31. The van der Waals surface area contributed by atoms with Gasteiger partial charge in [-0.05, 0) is 65.0 Å². The van der Waals surface area contributed by atoms with Gasteiger partial charge in [-0.3, -0.25) is 4.79 Å². The molecule has 2 nitrogen and oxygen atoms in total. The van der Waals surface area contributed by atoms with Crippen molar-refractivity contribution in [1.29, 1.82) is 0 Å². The van der Waals surface area contributed by atoms with Gasteiger partial charge in [-0.15, -0.1) is 0 Å². The number of hydrogen-bond acceptors (Lipinski definition) is 1. The van der Waals surface area contributed by atoms with Crippen molar-refractivity contribution in [3.05, 3.63) is 33.4 Å². The van der Waals surface area contributed by atoms with Gasteiger partial charge < -0.3 is 5.11 Å². The van der Waals surface area contributed by atoms with Crippen LogP contribution in [0.1, 0.15) is 90.0 Å². The van der Waals surface area contributed by atoms with Gasteiger partial charge in [-0.2, -0.15) is 0 Å². The van der Waals surface area contributed by atoms with Gasteiger partial charge in [0.2, 0.25) is 0 Å². The maximum absolute atomic E-state index is 10.8. The molecule has 0 aliphatic heterocycles. The van der Waals surface area contributed by atoms with Crippen LogP contribution in [0.3, 0.4) is 0 Å². The van der Waals surface area contributed by atoms with Crippen LogP contribution >= 0.6 is 22.6 Å².